The van der Waals surface area contributed by atoms with Crippen molar-refractivity contribution in [1.82, 2.24) is 8.87 Å². The summed E-state index contributed by atoms with van der Waals surface area (Å²) in [6.45, 7) is 2.76. The number of hydrogen-bond acceptors (Lipinski definition) is 4. The van der Waals surface area contributed by atoms with Crippen molar-refractivity contribution in [2.24, 2.45) is 0 Å². The second-order valence-electron chi connectivity index (χ2n) is 6.54. The molecule has 2 aromatic rings. The summed E-state index contributed by atoms with van der Waals surface area (Å²) < 4.78 is 27.8. The lowest BCUT2D eigenvalue weighted by molar-refractivity contribution is -0.116. The summed E-state index contributed by atoms with van der Waals surface area (Å²) in [5, 5.41) is 2.72. The highest BCUT2D eigenvalue weighted by atomic mass is 32.2. The van der Waals surface area contributed by atoms with Crippen molar-refractivity contribution in [2.45, 2.75) is 37.6 Å². The van der Waals surface area contributed by atoms with Crippen LogP contribution < -0.4 is 10.9 Å². The van der Waals surface area contributed by atoms with Gasteiger partial charge < -0.3 is 9.88 Å². The first-order valence-electron chi connectivity index (χ1n) is 8.99. The Morgan fingerprint density at radius 1 is 1.07 bits per heavy atom. The highest BCUT2D eigenvalue weighted by Crippen LogP contribution is 2.19. The summed E-state index contributed by atoms with van der Waals surface area (Å²) >= 11 is 0. The van der Waals surface area contributed by atoms with Gasteiger partial charge in [0, 0.05) is 31.0 Å². The number of nitrogens with one attached hydrogen (secondary N) is 1. The van der Waals surface area contributed by atoms with E-state index in [0.717, 1.165) is 29.4 Å². The van der Waals surface area contributed by atoms with Crippen LogP contribution in [0.15, 0.2) is 52.3 Å². The Balaban J connectivity index is 1.76. The number of carbonyl (C=O) groups is 1. The molecule has 0 atom stereocenters. The van der Waals surface area contributed by atoms with Gasteiger partial charge in [-0.1, -0.05) is 19.1 Å². The number of aryl methyl sites for hydroxylation is 1. The van der Waals surface area contributed by atoms with Crippen molar-refractivity contribution in [3.05, 3.63) is 58.5 Å². The van der Waals surface area contributed by atoms with Gasteiger partial charge in [0.05, 0.1) is 4.90 Å². The van der Waals surface area contributed by atoms with Crippen LogP contribution >= 0.6 is 0 Å². The molecule has 2 heterocycles. The number of amides is 1. The Bertz CT molecular complexity index is 975. The van der Waals surface area contributed by atoms with Crippen molar-refractivity contribution in [1.29, 1.82) is 0 Å². The van der Waals surface area contributed by atoms with Crippen molar-refractivity contribution in [3.63, 3.8) is 0 Å². The molecule has 1 aromatic carbocycles. The van der Waals surface area contributed by atoms with Gasteiger partial charge in [0.15, 0.2) is 0 Å². The van der Waals surface area contributed by atoms with Crippen LogP contribution in [0.1, 0.15) is 25.3 Å². The average Bonchev–Trinajstić information content (AvgIpc) is 3.19. The molecule has 1 aliphatic heterocycles. The third-order valence-corrected chi connectivity index (χ3v) is 6.50. The summed E-state index contributed by atoms with van der Waals surface area (Å²) in [6, 6.07) is 9.93. The lowest BCUT2D eigenvalue weighted by Crippen LogP contribution is -2.31. The molecule has 0 aliphatic carbocycles. The smallest absolute Gasteiger partial charge is 0.251 e. The number of nitrogens with zero attached hydrogens (tertiary/aromatic N) is 2. The van der Waals surface area contributed by atoms with E-state index in [4.69, 9.17) is 0 Å². The summed E-state index contributed by atoms with van der Waals surface area (Å²) in [6.07, 6.45) is 3.81. The molecular formula is C19H23N3O4S. The molecule has 144 valence electrons. The molecule has 7 nitrogen and oxygen atoms in total. The standard InChI is InChI=1S/C19H23N3O4S/c1-2-15-5-7-16(8-6-15)20-18(23)14-21-13-17(9-10-19(21)24)27(25,26)22-11-3-4-12-22/h5-10,13H,2-4,11-12,14H2,1H3,(H,20,23). The molecule has 3 rings (SSSR count). The normalized spacial score (nSPS) is 15.0. The summed E-state index contributed by atoms with van der Waals surface area (Å²) in [4.78, 5) is 24.4. The van der Waals surface area contributed by atoms with Gasteiger partial charge in [0.2, 0.25) is 15.9 Å². The molecule has 27 heavy (non-hydrogen) atoms. The molecule has 0 unspecified atom stereocenters. The van der Waals surface area contributed by atoms with Crippen molar-refractivity contribution >= 4 is 21.6 Å². The van der Waals surface area contributed by atoms with Crippen molar-refractivity contribution < 1.29 is 13.2 Å². The second kappa shape index (κ2) is 8.06. The van der Waals surface area contributed by atoms with Gasteiger partial charge in [0.25, 0.3) is 5.56 Å². The monoisotopic (exact) mass is 389 g/mol. The number of rotatable bonds is 6. The largest absolute Gasteiger partial charge is 0.325 e. The van der Waals surface area contributed by atoms with Crippen LogP contribution in [-0.2, 0) is 27.8 Å². The Morgan fingerprint density at radius 3 is 2.37 bits per heavy atom. The van der Waals surface area contributed by atoms with E-state index in [2.05, 4.69) is 5.32 Å². The third-order valence-electron chi connectivity index (χ3n) is 4.62. The minimum Gasteiger partial charge on any atom is -0.325 e. The van der Waals surface area contributed by atoms with Gasteiger partial charge in [-0.2, -0.15) is 4.31 Å². The molecule has 0 radical (unpaired) electrons. The topological polar surface area (TPSA) is 88.5 Å². The summed E-state index contributed by atoms with van der Waals surface area (Å²) in [5.74, 6) is -0.392. The Kier molecular flexibility index (Phi) is 5.76. The van der Waals surface area contributed by atoms with Crippen LogP contribution in [0.4, 0.5) is 5.69 Å². The number of pyridine rings is 1. The lowest BCUT2D eigenvalue weighted by Gasteiger charge is -2.16. The minimum atomic E-state index is -3.64. The first-order valence-corrected chi connectivity index (χ1v) is 10.4. The van der Waals surface area contributed by atoms with Gasteiger partial charge in [-0.15, -0.1) is 0 Å². The number of carbonyl (C=O) groups excluding carboxylic acids is 1. The highest BCUT2D eigenvalue weighted by molar-refractivity contribution is 7.89. The second-order valence-corrected chi connectivity index (χ2v) is 8.48. The van der Waals surface area contributed by atoms with Crippen LogP contribution in [0.3, 0.4) is 0 Å². The van der Waals surface area contributed by atoms with E-state index in [9.17, 15) is 18.0 Å². The zero-order valence-corrected chi connectivity index (χ0v) is 16.0. The molecule has 1 aromatic heterocycles. The molecular weight excluding hydrogens is 366 g/mol. The number of anilines is 1. The maximum absolute atomic E-state index is 12.6. The minimum absolute atomic E-state index is 0.0316. The molecule has 8 heteroatoms. The zero-order chi connectivity index (χ0) is 19.4. The maximum Gasteiger partial charge on any atom is 0.251 e. The third kappa shape index (κ3) is 4.45. The van der Waals surface area contributed by atoms with E-state index in [0.29, 0.717) is 18.8 Å². The molecule has 1 N–H and O–H groups in total. The van der Waals surface area contributed by atoms with Gasteiger partial charge in [-0.3, -0.25) is 9.59 Å². The molecule has 0 bridgehead atoms. The highest BCUT2D eigenvalue weighted by Gasteiger charge is 2.27. The fourth-order valence-corrected chi connectivity index (χ4v) is 4.58. The molecule has 1 fully saturated rings. The molecule has 1 saturated heterocycles. The molecule has 0 saturated carbocycles. The molecule has 1 amide bonds. The van der Waals surface area contributed by atoms with Crippen LogP contribution in [0.25, 0.3) is 0 Å². The summed E-state index contributed by atoms with van der Waals surface area (Å²) in [7, 11) is -3.64. The van der Waals surface area contributed by atoms with Crippen LogP contribution in [0, 0.1) is 0 Å². The van der Waals surface area contributed by atoms with Crippen LogP contribution in [0.2, 0.25) is 0 Å². The van der Waals surface area contributed by atoms with E-state index in [1.54, 1.807) is 12.1 Å². The lowest BCUT2D eigenvalue weighted by atomic mass is 10.1. The van der Waals surface area contributed by atoms with Gasteiger partial charge in [-0.25, -0.2) is 8.42 Å². The van der Waals surface area contributed by atoms with E-state index in [1.807, 2.05) is 19.1 Å². The maximum atomic E-state index is 12.6. The molecule has 1 aliphatic rings. The average molecular weight is 389 g/mol. The van der Waals surface area contributed by atoms with E-state index < -0.39 is 21.5 Å². The van der Waals surface area contributed by atoms with E-state index >= 15 is 0 Å². The Hall–Kier alpha value is -2.45. The Morgan fingerprint density at radius 2 is 1.74 bits per heavy atom. The number of sulfonamides is 1. The SMILES string of the molecule is CCc1ccc(NC(=O)Cn2cc(S(=O)(=O)N3CCCC3)ccc2=O)cc1. The molecule has 0 spiro atoms. The summed E-state index contributed by atoms with van der Waals surface area (Å²) in [5.41, 5.74) is 1.36. The zero-order valence-electron chi connectivity index (χ0n) is 15.2. The van der Waals surface area contributed by atoms with Gasteiger partial charge in [-0.05, 0) is 43.0 Å². The van der Waals surface area contributed by atoms with E-state index in [1.165, 1.54) is 22.6 Å². The predicted molar refractivity (Wildman–Crippen MR) is 103 cm³/mol. The fraction of sp³-hybridized carbons (Fsp3) is 0.368. The van der Waals surface area contributed by atoms with Crippen molar-refractivity contribution in [3.8, 4) is 0 Å². The first-order chi connectivity index (χ1) is 12.9. The number of hydrogen-bond donors (Lipinski definition) is 1. The fourth-order valence-electron chi connectivity index (χ4n) is 3.04. The van der Waals surface area contributed by atoms with Gasteiger partial charge >= 0.3 is 0 Å². The van der Waals surface area contributed by atoms with Gasteiger partial charge in [0.1, 0.15) is 6.54 Å². The van der Waals surface area contributed by atoms with Crippen molar-refractivity contribution in [2.75, 3.05) is 18.4 Å². The van der Waals surface area contributed by atoms with Crippen LogP contribution in [-0.4, -0.2) is 36.3 Å². The first kappa shape index (κ1) is 19.3. The van der Waals surface area contributed by atoms with E-state index in [-0.39, 0.29) is 11.4 Å². The number of benzene rings is 1. The Labute approximate surface area is 158 Å². The number of aromatic nitrogens is 1. The quantitative estimate of drug-likeness (QED) is 0.816. The van der Waals surface area contributed by atoms with Crippen LogP contribution in [0.5, 0.6) is 0 Å². The predicted octanol–water partition coefficient (Wildman–Crippen LogP) is 1.83.